The molecule has 3 rings (SSSR count). The van der Waals surface area contributed by atoms with E-state index in [0.717, 1.165) is 17.7 Å². The van der Waals surface area contributed by atoms with Gasteiger partial charge in [-0.1, -0.05) is 30.3 Å². The standard InChI is InChI=1S/C23H29N2O3P/c1-3-27-29(26,28-4-2)19-18-24-14-10-22(11-15-24)23-12-16-25(17-13-23)20-21-8-6-5-7-9-21/h5-17H,3-4,18-20H2,1-2H3/q+2. The first kappa shape index (κ1) is 21.4. The maximum atomic E-state index is 12.6. The topological polar surface area (TPSA) is 43.3 Å². The molecule has 0 fully saturated rings. The zero-order valence-electron chi connectivity index (χ0n) is 17.1. The Labute approximate surface area is 173 Å². The predicted molar refractivity (Wildman–Crippen MR) is 114 cm³/mol. The Morgan fingerprint density at radius 3 is 1.79 bits per heavy atom. The zero-order chi connectivity index (χ0) is 20.5. The summed E-state index contributed by atoms with van der Waals surface area (Å²) in [5.74, 6) is 0. The summed E-state index contributed by atoms with van der Waals surface area (Å²) in [5, 5.41) is 0. The Kier molecular flexibility index (Phi) is 7.70. The molecular formula is C23H29N2O3P+2. The highest BCUT2D eigenvalue weighted by molar-refractivity contribution is 7.53. The van der Waals surface area contributed by atoms with Crippen molar-refractivity contribution in [2.24, 2.45) is 0 Å². The molecule has 2 heterocycles. The summed E-state index contributed by atoms with van der Waals surface area (Å²) in [5.41, 5.74) is 3.59. The van der Waals surface area contributed by atoms with Crippen LogP contribution in [-0.4, -0.2) is 19.4 Å². The van der Waals surface area contributed by atoms with Crippen LogP contribution in [0.3, 0.4) is 0 Å². The van der Waals surface area contributed by atoms with Gasteiger partial charge in [0.2, 0.25) is 0 Å². The van der Waals surface area contributed by atoms with Gasteiger partial charge in [0, 0.05) is 29.8 Å². The van der Waals surface area contributed by atoms with E-state index < -0.39 is 7.60 Å². The Morgan fingerprint density at radius 2 is 1.28 bits per heavy atom. The molecule has 0 bridgehead atoms. The van der Waals surface area contributed by atoms with Gasteiger partial charge in [-0.2, -0.15) is 0 Å². The van der Waals surface area contributed by atoms with Crippen molar-refractivity contribution < 1.29 is 22.7 Å². The molecular weight excluding hydrogens is 383 g/mol. The molecule has 0 atom stereocenters. The Balaban J connectivity index is 1.61. The molecule has 0 aliphatic rings. The van der Waals surface area contributed by atoms with Crippen molar-refractivity contribution in [1.29, 1.82) is 0 Å². The van der Waals surface area contributed by atoms with Gasteiger partial charge < -0.3 is 9.05 Å². The molecule has 0 saturated carbocycles. The highest BCUT2D eigenvalue weighted by atomic mass is 31.2. The Morgan fingerprint density at radius 1 is 0.759 bits per heavy atom. The van der Waals surface area contributed by atoms with E-state index in [2.05, 4.69) is 65.5 Å². The monoisotopic (exact) mass is 412 g/mol. The van der Waals surface area contributed by atoms with E-state index in [-0.39, 0.29) is 0 Å². The van der Waals surface area contributed by atoms with Crippen LogP contribution >= 0.6 is 7.60 Å². The Hall–Kier alpha value is -2.33. The summed E-state index contributed by atoms with van der Waals surface area (Å²) in [6.45, 7) is 5.88. The lowest BCUT2D eigenvalue weighted by Gasteiger charge is -2.15. The molecule has 5 nitrogen and oxygen atoms in total. The highest BCUT2D eigenvalue weighted by Gasteiger charge is 2.25. The second-order valence-corrected chi connectivity index (χ2v) is 8.92. The van der Waals surface area contributed by atoms with Crippen molar-refractivity contribution in [3.05, 3.63) is 84.9 Å². The average Bonchev–Trinajstić information content (AvgIpc) is 2.74. The van der Waals surface area contributed by atoms with Crippen LogP contribution in [-0.2, 0) is 26.7 Å². The van der Waals surface area contributed by atoms with Crippen LogP contribution in [0.15, 0.2) is 79.4 Å². The molecule has 1 aromatic carbocycles. The average molecular weight is 412 g/mol. The van der Waals surface area contributed by atoms with Crippen LogP contribution in [0.4, 0.5) is 0 Å². The zero-order valence-corrected chi connectivity index (χ0v) is 18.0. The van der Waals surface area contributed by atoms with E-state index in [0.29, 0.717) is 25.9 Å². The van der Waals surface area contributed by atoms with E-state index in [1.807, 2.05) is 36.9 Å². The number of benzene rings is 1. The van der Waals surface area contributed by atoms with Crippen molar-refractivity contribution in [3.63, 3.8) is 0 Å². The second-order valence-electron chi connectivity index (χ2n) is 6.74. The summed E-state index contributed by atoms with van der Waals surface area (Å²) in [7, 11) is -3.01. The molecule has 6 heteroatoms. The van der Waals surface area contributed by atoms with Gasteiger partial charge in [-0.25, -0.2) is 9.13 Å². The van der Waals surface area contributed by atoms with Crippen LogP contribution < -0.4 is 9.13 Å². The summed E-state index contributed by atoms with van der Waals surface area (Å²) in [6.07, 6.45) is 8.57. The van der Waals surface area contributed by atoms with Crippen LogP contribution in [0.25, 0.3) is 11.1 Å². The molecule has 0 unspecified atom stereocenters. The molecule has 0 aliphatic heterocycles. The van der Waals surface area contributed by atoms with Crippen LogP contribution in [0.1, 0.15) is 19.4 Å². The maximum absolute atomic E-state index is 12.6. The molecule has 0 saturated heterocycles. The normalized spacial score (nSPS) is 11.5. The van der Waals surface area contributed by atoms with Gasteiger partial charge >= 0.3 is 7.60 Å². The van der Waals surface area contributed by atoms with Gasteiger partial charge in [-0.15, -0.1) is 0 Å². The third-order valence-corrected chi connectivity index (χ3v) is 6.66. The number of aryl methyl sites for hydroxylation is 1. The molecule has 29 heavy (non-hydrogen) atoms. The fourth-order valence-electron chi connectivity index (χ4n) is 3.15. The lowest BCUT2D eigenvalue weighted by atomic mass is 10.1. The van der Waals surface area contributed by atoms with Crippen molar-refractivity contribution in [3.8, 4) is 11.1 Å². The number of pyridine rings is 2. The number of hydrogen-bond donors (Lipinski definition) is 0. The molecule has 0 aliphatic carbocycles. The number of nitrogens with zero attached hydrogens (tertiary/aromatic N) is 2. The lowest BCUT2D eigenvalue weighted by Crippen LogP contribution is -2.34. The summed E-state index contributed by atoms with van der Waals surface area (Å²) < 4.78 is 27.5. The highest BCUT2D eigenvalue weighted by Crippen LogP contribution is 2.47. The number of hydrogen-bond acceptors (Lipinski definition) is 3. The molecule has 3 aromatic rings. The SMILES string of the molecule is CCOP(=O)(CC[n+]1ccc(-c2cc[n+](Cc3ccccc3)cc2)cc1)OCC. The van der Waals surface area contributed by atoms with E-state index in [1.54, 1.807) is 0 Å². The van der Waals surface area contributed by atoms with E-state index in [4.69, 9.17) is 9.05 Å². The van der Waals surface area contributed by atoms with Crippen molar-refractivity contribution >= 4 is 7.60 Å². The van der Waals surface area contributed by atoms with Gasteiger partial charge in [-0.3, -0.25) is 4.57 Å². The minimum atomic E-state index is -3.01. The first-order valence-electron chi connectivity index (χ1n) is 10.0. The summed E-state index contributed by atoms with van der Waals surface area (Å²) in [6, 6.07) is 18.8. The molecule has 2 aromatic heterocycles. The number of rotatable bonds is 10. The predicted octanol–water partition coefficient (Wildman–Crippen LogP) is 4.24. The van der Waals surface area contributed by atoms with Crippen molar-refractivity contribution in [2.75, 3.05) is 19.4 Å². The smallest absolute Gasteiger partial charge is 0.309 e. The molecule has 0 spiro atoms. The summed E-state index contributed by atoms with van der Waals surface area (Å²) in [4.78, 5) is 0. The first-order chi connectivity index (χ1) is 14.1. The quantitative estimate of drug-likeness (QED) is 0.370. The van der Waals surface area contributed by atoms with Crippen LogP contribution in [0, 0.1) is 0 Å². The van der Waals surface area contributed by atoms with Gasteiger partial charge in [0.1, 0.15) is 6.16 Å². The van der Waals surface area contributed by atoms with E-state index in [9.17, 15) is 4.57 Å². The fourth-order valence-corrected chi connectivity index (χ4v) is 4.74. The fraction of sp³-hybridized carbons (Fsp3) is 0.304. The second kappa shape index (κ2) is 10.4. The molecule has 0 amide bonds. The molecule has 0 N–H and O–H groups in total. The largest absolute Gasteiger partial charge is 0.337 e. The lowest BCUT2D eigenvalue weighted by molar-refractivity contribution is -0.692. The minimum absolute atomic E-state index is 0.365. The molecule has 152 valence electrons. The van der Waals surface area contributed by atoms with Crippen LogP contribution in [0.2, 0.25) is 0 Å². The van der Waals surface area contributed by atoms with Crippen molar-refractivity contribution in [2.45, 2.75) is 26.9 Å². The van der Waals surface area contributed by atoms with Crippen molar-refractivity contribution in [1.82, 2.24) is 0 Å². The van der Waals surface area contributed by atoms with Crippen LogP contribution in [0.5, 0.6) is 0 Å². The van der Waals surface area contributed by atoms with E-state index >= 15 is 0 Å². The third kappa shape index (κ3) is 6.33. The van der Waals surface area contributed by atoms with E-state index in [1.165, 1.54) is 5.56 Å². The van der Waals surface area contributed by atoms with Gasteiger partial charge in [-0.05, 0) is 25.0 Å². The molecule has 0 radical (unpaired) electrons. The Bertz CT molecular complexity index is 919. The van der Waals surface area contributed by atoms with Gasteiger partial charge in [0.25, 0.3) is 0 Å². The third-order valence-electron chi connectivity index (χ3n) is 4.61. The summed E-state index contributed by atoms with van der Waals surface area (Å²) >= 11 is 0. The minimum Gasteiger partial charge on any atom is -0.309 e. The maximum Gasteiger partial charge on any atom is 0.337 e. The number of aromatic nitrogens is 2. The van der Waals surface area contributed by atoms with Gasteiger partial charge in [0.05, 0.1) is 13.2 Å². The first-order valence-corrected chi connectivity index (χ1v) is 11.8. The van der Waals surface area contributed by atoms with Gasteiger partial charge in [0.15, 0.2) is 37.9 Å².